The smallest absolute Gasteiger partial charge is 0.244 e. The fourth-order valence-electron chi connectivity index (χ4n) is 0.954. The van der Waals surface area contributed by atoms with Crippen molar-refractivity contribution in [1.82, 2.24) is 10.3 Å². The molecule has 0 spiro atoms. The normalized spacial score (nSPS) is 12.7. The average molecular weight is 206 g/mol. The number of nitrogens with one attached hydrogen (secondary N) is 1. The molecule has 1 rings (SSSR count). The van der Waals surface area contributed by atoms with E-state index in [4.69, 9.17) is 5.11 Å². The third kappa shape index (κ3) is 4.93. The lowest BCUT2D eigenvalue weighted by molar-refractivity contribution is -0.116. The maximum atomic E-state index is 11.2. The minimum Gasteiger partial charge on any atom is -0.392 e. The molecule has 0 aliphatic heterocycles. The maximum absolute atomic E-state index is 11.2. The molecule has 4 heteroatoms. The molecule has 1 heterocycles. The predicted octanol–water partition coefficient (Wildman–Crippen LogP) is 0.592. The van der Waals surface area contributed by atoms with Crippen molar-refractivity contribution in [1.29, 1.82) is 0 Å². The molecule has 1 aromatic rings. The van der Waals surface area contributed by atoms with Crippen molar-refractivity contribution in [2.75, 3.05) is 6.54 Å². The SMILES string of the molecule is CC(O)CNC(=O)/C=C/c1cccnc1. The number of nitrogens with zero attached hydrogens (tertiary/aromatic N) is 1. The first-order valence-corrected chi connectivity index (χ1v) is 4.72. The summed E-state index contributed by atoms with van der Waals surface area (Å²) in [5.41, 5.74) is 0.865. The van der Waals surface area contributed by atoms with Gasteiger partial charge in [0, 0.05) is 25.0 Å². The van der Waals surface area contributed by atoms with Crippen LogP contribution in [0.4, 0.5) is 0 Å². The number of hydrogen-bond donors (Lipinski definition) is 2. The second-order valence-electron chi connectivity index (χ2n) is 3.21. The summed E-state index contributed by atoms with van der Waals surface area (Å²) in [5, 5.41) is 11.5. The number of rotatable bonds is 4. The second kappa shape index (κ2) is 5.93. The molecule has 0 aromatic carbocycles. The van der Waals surface area contributed by atoms with Crippen LogP contribution in [0.2, 0.25) is 0 Å². The molecule has 0 aliphatic rings. The van der Waals surface area contributed by atoms with E-state index < -0.39 is 6.10 Å². The third-order valence-corrected chi connectivity index (χ3v) is 1.68. The quantitative estimate of drug-likeness (QED) is 0.709. The van der Waals surface area contributed by atoms with Crippen LogP contribution in [0.1, 0.15) is 12.5 Å². The van der Waals surface area contributed by atoms with E-state index in [2.05, 4.69) is 10.3 Å². The van der Waals surface area contributed by atoms with Crippen LogP contribution < -0.4 is 5.32 Å². The molecule has 80 valence electrons. The van der Waals surface area contributed by atoms with Gasteiger partial charge in [0.15, 0.2) is 0 Å². The van der Waals surface area contributed by atoms with E-state index in [0.29, 0.717) is 0 Å². The Bertz CT molecular complexity index is 334. The molecule has 1 unspecified atom stereocenters. The van der Waals surface area contributed by atoms with E-state index in [9.17, 15) is 4.79 Å². The number of aromatic nitrogens is 1. The van der Waals surface area contributed by atoms with Crippen LogP contribution in [-0.4, -0.2) is 28.6 Å². The van der Waals surface area contributed by atoms with Gasteiger partial charge in [-0.3, -0.25) is 9.78 Å². The van der Waals surface area contributed by atoms with Gasteiger partial charge in [-0.2, -0.15) is 0 Å². The molecule has 1 aromatic heterocycles. The second-order valence-corrected chi connectivity index (χ2v) is 3.21. The third-order valence-electron chi connectivity index (χ3n) is 1.68. The summed E-state index contributed by atoms with van der Waals surface area (Å²) >= 11 is 0. The first-order chi connectivity index (χ1) is 7.18. The Morgan fingerprint density at radius 1 is 1.73 bits per heavy atom. The summed E-state index contributed by atoms with van der Waals surface area (Å²) < 4.78 is 0. The van der Waals surface area contributed by atoms with Gasteiger partial charge in [0.1, 0.15) is 0 Å². The van der Waals surface area contributed by atoms with E-state index in [0.717, 1.165) is 5.56 Å². The number of carbonyl (C=O) groups excluding carboxylic acids is 1. The summed E-state index contributed by atoms with van der Waals surface area (Å²) in [7, 11) is 0. The van der Waals surface area contributed by atoms with Crippen LogP contribution in [-0.2, 0) is 4.79 Å². The number of carbonyl (C=O) groups is 1. The highest BCUT2D eigenvalue weighted by Crippen LogP contribution is 1.97. The number of amides is 1. The first-order valence-electron chi connectivity index (χ1n) is 4.72. The fraction of sp³-hybridized carbons (Fsp3) is 0.273. The van der Waals surface area contributed by atoms with E-state index in [1.807, 2.05) is 6.07 Å². The zero-order valence-corrected chi connectivity index (χ0v) is 8.55. The van der Waals surface area contributed by atoms with Gasteiger partial charge in [-0.1, -0.05) is 6.07 Å². The predicted molar refractivity (Wildman–Crippen MR) is 58.0 cm³/mol. The van der Waals surface area contributed by atoms with E-state index in [-0.39, 0.29) is 12.5 Å². The zero-order valence-electron chi connectivity index (χ0n) is 8.55. The highest BCUT2D eigenvalue weighted by atomic mass is 16.3. The Kier molecular flexibility index (Phi) is 4.50. The molecular formula is C11H14N2O2. The molecule has 15 heavy (non-hydrogen) atoms. The molecule has 4 nitrogen and oxygen atoms in total. The lowest BCUT2D eigenvalue weighted by Crippen LogP contribution is -2.28. The summed E-state index contributed by atoms with van der Waals surface area (Å²) in [6.45, 7) is 1.88. The van der Waals surface area contributed by atoms with E-state index in [1.54, 1.807) is 31.5 Å². The van der Waals surface area contributed by atoms with Crippen molar-refractivity contribution in [3.8, 4) is 0 Å². The Hall–Kier alpha value is -1.68. The van der Waals surface area contributed by atoms with Gasteiger partial charge in [0.2, 0.25) is 5.91 Å². The van der Waals surface area contributed by atoms with Gasteiger partial charge in [0.05, 0.1) is 6.10 Å². The van der Waals surface area contributed by atoms with Crippen molar-refractivity contribution in [2.45, 2.75) is 13.0 Å². The van der Waals surface area contributed by atoms with Crippen molar-refractivity contribution in [3.05, 3.63) is 36.2 Å². The van der Waals surface area contributed by atoms with Gasteiger partial charge in [-0.05, 0) is 24.6 Å². The lowest BCUT2D eigenvalue weighted by atomic mass is 10.2. The summed E-state index contributed by atoms with van der Waals surface area (Å²) in [4.78, 5) is 15.1. The molecule has 2 N–H and O–H groups in total. The van der Waals surface area contributed by atoms with Gasteiger partial charge < -0.3 is 10.4 Å². The Labute approximate surface area is 88.7 Å². The standard InChI is InChI=1S/C11H14N2O2/c1-9(14)7-13-11(15)5-4-10-3-2-6-12-8-10/h2-6,8-9,14H,7H2,1H3,(H,13,15)/b5-4+. The van der Waals surface area contributed by atoms with E-state index >= 15 is 0 Å². The summed E-state index contributed by atoms with van der Waals surface area (Å²) in [6, 6.07) is 3.65. The lowest BCUT2D eigenvalue weighted by Gasteiger charge is -2.03. The largest absolute Gasteiger partial charge is 0.392 e. The molecule has 0 saturated carbocycles. The molecule has 0 aliphatic carbocycles. The molecule has 1 atom stereocenters. The van der Waals surface area contributed by atoms with Crippen molar-refractivity contribution < 1.29 is 9.90 Å². The molecule has 0 radical (unpaired) electrons. The van der Waals surface area contributed by atoms with Gasteiger partial charge >= 0.3 is 0 Å². The molecule has 0 fully saturated rings. The number of pyridine rings is 1. The van der Waals surface area contributed by atoms with Gasteiger partial charge in [-0.15, -0.1) is 0 Å². The van der Waals surface area contributed by atoms with Crippen molar-refractivity contribution in [2.24, 2.45) is 0 Å². The van der Waals surface area contributed by atoms with E-state index in [1.165, 1.54) is 6.08 Å². The number of aliphatic hydroxyl groups excluding tert-OH is 1. The highest BCUT2D eigenvalue weighted by Gasteiger charge is 1.97. The minimum absolute atomic E-state index is 0.222. The monoisotopic (exact) mass is 206 g/mol. The maximum Gasteiger partial charge on any atom is 0.244 e. The van der Waals surface area contributed by atoms with Crippen LogP contribution in [0.3, 0.4) is 0 Å². The Balaban J connectivity index is 2.41. The van der Waals surface area contributed by atoms with Crippen LogP contribution in [0.15, 0.2) is 30.6 Å². The first kappa shape index (κ1) is 11.4. The molecule has 0 saturated heterocycles. The minimum atomic E-state index is -0.527. The molecule has 0 bridgehead atoms. The van der Waals surface area contributed by atoms with Crippen LogP contribution in [0.25, 0.3) is 6.08 Å². The Morgan fingerprint density at radius 2 is 2.53 bits per heavy atom. The topological polar surface area (TPSA) is 62.2 Å². The Morgan fingerprint density at radius 3 is 3.13 bits per heavy atom. The van der Waals surface area contributed by atoms with Crippen molar-refractivity contribution in [3.63, 3.8) is 0 Å². The van der Waals surface area contributed by atoms with Crippen LogP contribution in [0, 0.1) is 0 Å². The number of hydrogen-bond acceptors (Lipinski definition) is 3. The van der Waals surface area contributed by atoms with Crippen LogP contribution in [0.5, 0.6) is 0 Å². The molecular weight excluding hydrogens is 192 g/mol. The highest BCUT2D eigenvalue weighted by molar-refractivity contribution is 5.91. The fourth-order valence-corrected chi connectivity index (χ4v) is 0.954. The zero-order chi connectivity index (χ0) is 11.1. The molecule has 1 amide bonds. The average Bonchev–Trinajstić information content (AvgIpc) is 2.25. The van der Waals surface area contributed by atoms with Crippen molar-refractivity contribution >= 4 is 12.0 Å². The summed E-state index contributed by atoms with van der Waals surface area (Å²) in [5.74, 6) is -0.222. The van der Waals surface area contributed by atoms with Gasteiger partial charge in [-0.25, -0.2) is 0 Å². The summed E-state index contributed by atoms with van der Waals surface area (Å²) in [6.07, 6.45) is 5.90. The van der Waals surface area contributed by atoms with Gasteiger partial charge in [0.25, 0.3) is 0 Å². The van der Waals surface area contributed by atoms with Crippen LogP contribution >= 0.6 is 0 Å². The number of aliphatic hydroxyl groups is 1.